The lowest BCUT2D eigenvalue weighted by Gasteiger charge is -2.29. The highest BCUT2D eigenvalue weighted by Crippen LogP contribution is 2.37. The number of hydrogen-bond acceptors (Lipinski definition) is 4. The van der Waals surface area contributed by atoms with E-state index in [1.165, 1.54) is 0 Å². The van der Waals surface area contributed by atoms with Crippen molar-refractivity contribution in [2.45, 2.75) is 45.2 Å². The largest absolute Gasteiger partial charge is 0.497 e. The lowest BCUT2D eigenvalue weighted by Crippen LogP contribution is -2.43. The summed E-state index contributed by atoms with van der Waals surface area (Å²) in [6, 6.07) is 5.86. The fourth-order valence-electron chi connectivity index (χ4n) is 3.53. The number of carbonyl (C=O) groups excluding carboxylic acids is 2. The van der Waals surface area contributed by atoms with Gasteiger partial charge in [-0.25, -0.2) is 0 Å². The molecule has 2 amide bonds. The smallest absolute Gasteiger partial charge is 0.228 e. The van der Waals surface area contributed by atoms with Crippen molar-refractivity contribution in [2.75, 3.05) is 25.7 Å². The molecule has 0 aromatic heterocycles. The molecule has 0 spiro atoms. The Bertz CT molecular complexity index is 667. The molecule has 0 radical (unpaired) electrons. The highest BCUT2D eigenvalue weighted by Gasteiger charge is 2.42. The fourth-order valence-corrected chi connectivity index (χ4v) is 3.53. The van der Waals surface area contributed by atoms with Crippen molar-refractivity contribution >= 4 is 17.5 Å². The van der Waals surface area contributed by atoms with Crippen LogP contribution in [0.5, 0.6) is 11.5 Å². The minimum absolute atomic E-state index is 0.0515. The number of methoxy groups -OCH3 is 2. The average molecular weight is 346 g/mol. The molecule has 3 rings (SSSR count). The molecule has 1 aliphatic heterocycles. The van der Waals surface area contributed by atoms with Gasteiger partial charge in [-0.1, -0.05) is 0 Å². The van der Waals surface area contributed by atoms with Gasteiger partial charge >= 0.3 is 0 Å². The normalized spacial score (nSPS) is 20.1. The number of ether oxygens (including phenoxy) is 2. The lowest BCUT2D eigenvalue weighted by molar-refractivity contribution is -0.138. The monoisotopic (exact) mass is 346 g/mol. The maximum absolute atomic E-state index is 13.0. The van der Waals surface area contributed by atoms with E-state index in [0.29, 0.717) is 29.8 Å². The molecule has 2 fully saturated rings. The maximum atomic E-state index is 13.0. The summed E-state index contributed by atoms with van der Waals surface area (Å²) in [5.74, 6) is 0.997. The quantitative estimate of drug-likeness (QED) is 0.794. The predicted molar refractivity (Wildman–Crippen MR) is 95.0 cm³/mol. The topological polar surface area (TPSA) is 59.1 Å². The van der Waals surface area contributed by atoms with E-state index in [0.717, 1.165) is 12.8 Å². The van der Waals surface area contributed by atoms with E-state index in [4.69, 9.17) is 9.47 Å². The van der Waals surface area contributed by atoms with E-state index in [9.17, 15) is 9.59 Å². The van der Waals surface area contributed by atoms with Gasteiger partial charge in [0, 0.05) is 31.1 Å². The van der Waals surface area contributed by atoms with Crippen molar-refractivity contribution in [3.05, 3.63) is 18.2 Å². The second kappa shape index (κ2) is 6.94. The average Bonchev–Trinajstić information content (AvgIpc) is 3.34. The van der Waals surface area contributed by atoms with Crippen molar-refractivity contribution in [3.8, 4) is 11.5 Å². The van der Waals surface area contributed by atoms with Crippen molar-refractivity contribution < 1.29 is 19.1 Å². The second-order valence-corrected chi connectivity index (χ2v) is 7.01. The number of nitrogens with zero attached hydrogens (tertiary/aromatic N) is 2. The third-order valence-electron chi connectivity index (χ3n) is 4.90. The molecular weight excluding hydrogens is 320 g/mol. The molecule has 136 valence electrons. The van der Waals surface area contributed by atoms with Gasteiger partial charge in [0.2, 0.25) is 11.8 Å². The van der Waals surface area contributed by atoms with Crippen LogP contribution in [0, 0.1) is 5.92 Å². The Morgan fingerprint density at radius 3 is 2.52 bits per heavy atom. The van der Waals surface area contributed by atoms with E-state index in [1.807, 2.05) is 18.7 Å². The Balaban J connectivity index is 1.82. The number of benzene rings is 1. The zero-order chi connectivity index (χ0) is 18.1. The third kappa shape index (κ3) is 3.43. The van der Waals surface area contributed by atoms with Crippen LogP contribution in [0.25, 0.3) is 0 Å². The zero-order valence-corrected chi connectivity index (χ0v) is 15.3. The van der Waals surface area contributed by atoms with Crippen LogP contribution in [0.2, 0.25) is 0 Å². The molecule has 1 aromatic rings. The van der Waals surface area contributed by atoms with Gasteiger partial charge in [0.25, 0.3) is 0 Å². The van der Waals surface area contributed by atoms with Crippen molar-refractivity contribution in [3.63, 3.8) is 0 Å². The number of carbonyl (C=O) groups is 2. The van der Waals surface area contributed by atoms with Crippen LogP contribution in [0.3, 0.4) is 0 Å². The summed E-state index contributed by atoms with van der Waals surface area (Å²) in [6.07, 6.45) is 2.38. The summed E-state index contributed by atoms with van der Waals surface area (Å²) >= 11 is 0. The Labute approximate surface area is 148 Å². The molecule has 0 bridgehead atoms. The van der Waals surface area contributed by atoms with E-state index in [1.54, 1.807) is 37.3 Å². The Kier molecular flexibility index (Phi) is 4.88. The van der Waals surface area contributed by atoms with Gasteiger partial charge in [0.1, 0.15) is 11.5 Å². The summed E-state index contributed by atoms with van der Waals surface area (Å²) in [6.45, 7) is 4.46. The number of amides is 2. The first-order valence-electron chi connectivity index (χ1n) is 8.80. The summed E-state index contributed by atoms with van der Waals surface area (Å²) < 4.78 is 10.7. The van der Waals surface area contributed by atoms with E-state index in [2.05, 4.69) is 0 Å². The standard InChI is InChI=1S/C19H26N2O4/c1-12(2)21(14-5-6-14)19(23)13-9-18(22)20(11-13)16-10-15(24-3)7-8-17(16)25-4/h7-8,10,12-14H,5-6,9,11H2,1-4H3. The van der Waals surface area contributed by atoms with Crippen LogP contribution in [0.4, 0.5) is 5.69 Å². The molecule has 6 nitrogen and oxygen atoms in total. The Morgan fingerprint density at radius 2 is 1.96 bits per heavy atom. The molecule has 1 aliphatic carbocycles. The van der Waals surface area contributed by atoms with E-state index < -0.39 is 0 Å². The first-order chi connectivity index (χ1) is 12.0. The van der Waals surface area contributed by atoms with Crippen LogP contribution in [-0.2, 0) is 9.59 Å². The molecule has 1 saturated heterocycles. The van der Waals surface area contributed by atoms with E-state index in [-0.39, 0.29) is 30.2 Å². The number of rotatable bonds is 6. The van der Waals surface area contributed by atoms with Crippen molar-refractivity contribution in [1.29, 1.82) is 0 Å². The van der Waals surface area contributed by atoms with Crippen molar-refractivity contribution in [1.82, 2.24) is 4.90 Å². The number of hydrogen-bond donors (Lipinski definition) is 0. The first-order valence-corrected chi connectivity index (χ1v) is 8.80. The van der Waals surface area contributed by atoms with Crippen molar-refractivity contribution in [2.24, 2.45) is 5.92 Å². The second-order valence-electron chi connectivity index (χ2n) is 7.01. The van der Waals surface area contributed by atoms with Gasteiger partial charge in [0.05, 0.1) is 25.8 Å². The molecule has 1 saturated carbocycles. The molecular formula is C19H26N2O4. The third-order valence-corrected chi connectivity index (χ3v) is 4.90. The molecule has 1 atom stereocenters. The fraction of sp³-hybridized carbons (Fsp3) is 0.579. The van der Waals surface area contributed by atoms with Crippen LogP contribution < -0.4 is 14.4 Å². The van der Waals surface area contributed by atoms with Crippen LogP contribution in [0.15, 0.2) is 18.2 Å². The minimum atomic E-state index is -0.300. The Hall–Kier alpha value is -2.24. The van der Waals surface area contributed by atoms with Crippen LogP contribution in [-0.4, -0.2) is 49.6 Å². The van der Waals surface area contributed by atoms with Gasteiger partial charge in [-0.15, -0.1) is 0 Å². The van der Waals surface area contributed by atoms with Gasteiger partial charge in [-0.05, 0) is 38.8 Å². The van der Waals surface area contributed by atoms with Gasteiger partial charge in [-0.2, -0.15) is 0 Å². The van der Waals surface area contributed by atoms with Gasteiger partial charge in [0.15, 0.2) is 0 Å². The molecule has 6 heteroatoms. The SMILES string of the molecule is COc1ccc(OC)c(N2CC(C(=O)N(C(C)C)C3CC3)CC2=O)c1. The summed E-state index contributed by atoms with van der Waals surface area (Å²) in [5, 5.41) is 0. The van der Waals surface area contributed by atoms with Gasteiger partial charge < -0.3 is 19.3 Å². The van der Waals surface area contributed by atoms with Crippen LogP contribution in [0.1, 0.15) is 33.1 Å². The maximum Gasteiger partial charge on any atom is 0.228 e. The minimum Gasteiger partial charge on any atom is -0.497 e. The van der Waals surface area contributed by atoms with E-state index >= 15 is 0 Å². The molecule has 0 N–H and O–H groups in total. The summed E-state index contributed by atoms with van der Waals surface area (Å²) in [4.78, 5) is 29.2. The summed E-state index contributed by atoms with van der Waals surface area (Å²) in [5.41, 5.74) is 0.657. The Morgan fingerprint density at radius 1 is 1.24 bits per heavy atom. The molecule has 1 aromatic carbocycles. The van der Waals surface area contributed by atoms with Crippen LogP contribution >= 0.6 is 0 Å². The zero-order valence-electron chi connectivity index (χ0n) is 15.3. The molecule has 2 aliphatic rings. The molecule has 1 heterocycles. The predicted octanol–water partition coefficient (Wildman–Crippen LogP) is 2.46. The number of anilines is 1. The summed E-state index contributed by atoms with van der Waals surface area (Å²) in [7, 11) is 3.15. The first kappa shape index (κ1) is 17.6. The molecule has 25 heavy (non-hydrogen) atoms. The highest BCUT2D eigenvalue weighted by molar-refractivity contribution is 6.01. The molecule has 1 unspecified atom stereocenters. The lowest BCUT2D eigenvalue weighted by atomic mass is 10.1. The van der Waals surface area contributed by atoms with Gasteiger partial charge in [-0.3, -0.25) is 9.59 Å². The highest BCUT2D eigenvalue weighted by atomic mass is 16.5.